The molecule has 1 heterocycles. The Kier molecular flexibility index (Phi) is 7.06. The maximum atomic E-state index is 12.2. The summed E-state index contributed by atoms with van der Waals surface area (Å²) in [4.78, 5) is 24.3. The third kappa shape index (κ3) is 6.02. The van der Waals surface area contributed by atoms with Gasteiger partial charge in [-0.3, -0.25) is 9.59 Å². The summed E-state index contributed by atoms with van der Waals surface area (Å²) >= 11 is 5.90. The van der Waals surface area contributed by atoms with Crippen LogP contribution in [-0.4, -0.2) is 31.4 Å². The topological polar surface area (TPSA) is 98.3 Å². The van der Waals surface area contributed by atoms with Crippen LogP contribution in [0, 0.1) is 0 Å². The third-order valence-corrected chi connectivity index (χ3v) is 4.92. The van der Waals surface area contributed by atoms with Gasteiger partial charge in [0.25, 0.3) is 11.8 Å². The third-order valence-electron chi connectivity index (χ3n) is 4.66. The minimum Gasteiger partial charge on any atom is -0.488 e. The van der Waals surface area contributed by atoms with Crippen LogP contribution in [0.5, 0.6) is 17.2 Å². The lowest BCUT2D eigenvalue weighted by Gasteiger charge is -2.09. The summed E-state index contributed by atoms with van der Waals surface area (Å²) in [7, 11) is 0. The van der Waals surface area contributed by atoms with Crippen LogP contribution in [0.2, 0.25) is 5.02 Å². The highest BCUT2D eigenvalue weighted by molar-refractivity contribution is 6.30. The molecule has 0 aliphatic carbocycles. The molecule has 0 saturated heterocycles. The zero-order valence-corrected chi connectivity index (χ0v) is 18.2. The van der Waals surface area contributed by atoms with Crippen molar-refractivity contribution < 1.29 is 23.8 Å². The van der Waals surface area contributed by atoms with E-state index in [4.69, 9.17) is 25.8 Å². The number of ether oxygens (including phenoxy) is 3. The second-order valence-electron chi connectivity index (χ2n) is 7.00. The summed E-state index contributed by atoms with van der Waals surface area (Å²) in [5.74, 6) is 0.805. The quantitative estimate of drug-likeness (QED) is 0.392. The van der Waals surface area contributed by atoms with E-state index in [9.17, 15) is 9.59 Å². The van der Waals surface area contributed by atoms with Crippen LogP contribution in [0.15, 0.2) is 71.8 Å². The molecular formula is C24H20ClN3O5. The number of hydrogen-bond acceptors (Lipinski definition) is 6. The molecule has 3 aromatic rings. The Bertz CT molecular complexity index is 1180. The number of nitrogens with one attached hydrogen (secondary N) is 2. The number of carbonyl (C=O) groups excluding carboxylic acids is 2. The molecule has 9 heteroatoms. The van der Waals surface area contributed by atoms with E-state index in [-0.39, 0.29) is 13.3 Å². The van der Waals surface area contributed by atoms with Crippen LogP contribution in [0.25, 0.3) is 0 Å². The predicted octanol–water partition coefficient (Wildman–Crippen LogP) is 3.53. The Morgan fingerprint density at radius 1 is 1.03 bits per heavy atom. The Balaban J connectivity index is 1.27. The number of benzene rings is 3. The number of hydrazone groups is 1. The van der Waals surface area contributed by atoms with Gasteiger partial charge in [0, 0.05) is 16.1 Å². The normalized spacial score (nSPS) is 11.9. The van der Waals surface area contributed by atoms with E-state index in [2.05, 4.69) is 15.8 Å². The van der Waals surface area contributed by atoms with Gasteiger partial charge in [0.2, 0.25) is 6.79 Å². The van der Waals surface area contributed by atoms with Crippen LogP contribution >= 0.6 is 11.6 Å². The van der Waals surface area contributed by atoms with E-state index >= 15 is 0 Å². The number of hydrogen-bond donors (Lipinski definition) is 2. The van der Waals surface area contributed by atoms with Crippen LogP contribution < -0.4 is 25.0 Å². The zero-order chi connectivity index (χ0) is 23.0. The van der Waals surface area contributed by atoms with Gasteiger partial charge in [0.05, 0.1) is 12.8 Å². The highest BCUT2D eigenvalue weighted by Gasteiger charge is 2.16. The highest BCUT2D eigenvalue weighted by atomic mass is 35.5. The van der Waals surface area contributed by atoms with Gasteiger partial charge < -0.3 is 19.5 Å². The number of fused-ring (bicyclic) bond motifs is 1. The summed E-state index contributed by atoms with van der Waals surface area (Å²) in [6.07, 6.45) is 1.48. The number of rotatable bonds is 8. The monoisotopic (exact) mass is 465 g/mol. The molecule has 4 rings (SSSR count). The van der Waals surface area contributed by atoms with Gasteiger partial charge in [-0.2, -0.15) is 5.10 Å². The molecule has 1 aliphatic rings. The summed E-state index contributed by atoms with van der Waals surface area (Å²) in [6.45, 7) is 0.246. The summed E-state index contributed by atoms with van der Waals surface area (Å²) in [6, 6.07) is 19.5. The van der Waals surface area contributed by atoms with Crippen LogP contribution in [0.3, 0.4) is 0 Å². The van der Waals surface area contributed by atoms with Gasteiger partial charge >= 0.3 is 0 Å². The van der Waals surface area contributed by atoms with Crippen molar-refractivity contribution in [3.05, 3.63) is 88.4 Å². The number of carbonyl (C=O) groups is 2. The highest BCUT2D eigenvalue weighted by Crippen LogP contribution is 2.32. The van der Waals surface area contributed by atoms with Gasteiger partial charge in [-0.15, -0.1) is 0 Å². The Morgan fingerprint density at radius 3 is 2.67 bits per heavy atom. The smallest absolute Gasteiger partial charge is 0.259 e. The minimum atomic E-state index is -0.472. The lowest BCUT2D eigenvalue weighted by atomic mass is 10.2. The molecule has 33 heavy (non-hydrogen) atoms. The second-order valence-corrected chi connectivity index (χ2v) is 7.43. The summed E-state index contributed by atoms with van der Waals surface area (Å²) in [5.41, 5.74) is 4.41. The SMILES string of the molecule is O=C(CNC(=O)c1ccc2c(c1)OCO2)NN=Cc1ccccc1OCc1ccc(Cl)cc1. The number of para-hydroxylation sites is 1. The maximum absolute atomic E-state index is 12.2. The lowest BCUT2D eigenvalue weighted by Crippen LogP contribution is -2.34. The van der Waals surface area contributed by atoms with E-state index in [0.717, 1.165) is 5.56 Å². The summed E-state index contributed by atoms with van der Waals surface area (Å²) in [5, 5.41) is 7.16. The second kappa shape index (κ2) is 10.5. The fraction of sp³-hybridized carbons (Fsp3) is 0.125. The molecule has 3 aromatic carbocycles. The molecule has 8 nitrogen and oxygen atoms in total. The van der Waals surface area contributed by atoms with Crippen molar-refractivity contribution in [3.8, 4) is 17.2 Å². The largest absolute Gasteiger partial charge is 0.488 e. The van der Waals surface area contributed by atoms with Crippen molar-refractivity contribution in [2.75, 3.05) is 13.3 Å². The molecule has 0 atom stereocenters. The van der Waals surface area contributed by atoms with Gasteiger partial charge in [0.1, 0.15) is 12.4 Å². The molecular weight excluding hydrogens is 446 g/mol. The first kappa shape index (κ1) is 22.2. The van der Waals surface area contributed by atoms with Gasteiger partial charge in [-0.1, -0.05) is 35.9 Å². The van der Waals surface area contributed by atoms with Crippen molar-refractivity contribution in [2.45, 2.75) is 6.61 Å². The van der Waals surface area contributed by atoms with Crippen molar-refractivity contribution in [3.63, 3.8) is 0 Å². The van der Waals surface area contributed by atoms with Gasteiger partial charge in [-0.25, -0.2) is 5.43 Å². The molecule has 0 saturated carbocycles. The lowest BCUT2D eigenvalue weighted by molar-refractivity contribution is -0.120. The predicted molar refractivity (Wildman–Crippen MR) is 123 cm³/mol. The average molecular weight is 466 g/mol. The minimum absolute atomic E-state index is 0.121. The van der Waals surface area contributed by atoms with Crippen LogP contribution in [-0.2, 0) is 11.4 Å². The van der Waals surface area contributed by atoms with Crippen molar-refractivity contribution in [2.24, 2.45) is 5.10 Å². The Labute approximate surface area is 195 Å². The number of nitrogens with zero attached hydrogens (tertiary/aromatic N) is 1. The first-order valence-corrected chi connectivity index (χ1v) is 10.4. The molecule has 0 radical (unpaired) electrons. The average Bonchev–Trinajstić information content (AvgIpc) is 3.31. The molecule has 0 aromatic heterocycles. The molecule has 0 bridgehead atoms. The van der Waals surface area contributed by atoms with Crippen molar-refractivity contribution in [1.82, 2.24) is 10.7 Å². The number of amides is 2. The van der Waals surface area contributed by atoms with Gasteiger partial charge in [0.15, 0.2) is 11.5 Å². The molecule has 0 spiro atoms. The Hall–Kier alpha value is -4.04. The zero-order valence-electron chi connectivity index (χ0n) is 17.4. The fourth-order valence-corrected chi connectivity index (χ4v) is 3.10. The van der Waals surface area contributed by atoms with E-state index in [1.807, 2.05) is 36.4 Å². The summed E-state index contributed by atoms with van der Waals surface area (Å²) < 4.78 is 16.3. The first-order valence-electron chi connectivity index (χ1n) is 10.0. The standard InChI is InChI=1S/C24H20ClN3O5/c25-19-8-5-16(6-9-19)14-31-20-4-2-1-3-18(20)12-27-28-23(29)13-26-24(30)17-7-10-21-22(11-17)33-15-32-21/h1-12H,13-15H2,(H,26,30)(H,28,29). The Morgan fingerprint density at radius 2 is 1.82 bits per heavy atom. The first-order chi connectivity index (χ1) is 16.1. The van der Waals surface area contributed by atoms with E-state index in [0.29, 0.717) is 40.0 Å². The van der Waals surface area contributed by atoms with E-state index in [1.54, 1.807) is 30.3 Å². The van der Waals surface area contributed by atoms with E-state index < -0.39 is 11.8 Å². The molecule has 168 valence electrons. The van der Waals surface area contributed by atoms with Crippen molar-refractivity contribution >= 4 is 29.6 Å². The maximum Gasteiger partial charge on any atom is 0.259 e. The molecule has 0 fully saturated rings. The van der Waals surface area contributed by atoms with Crippen LogP contribution in [0.4, 0.5) is 0 Å². The molecule has 2 N–H and O–H groups in total. The van der Waals surface area contributed by atoms with Gasteiger partial charge in [-0.05, 0) is 48.0 Å². The van der Waals surface area contributed by atoms with E-state index in [1.165, 1.54) is 6.21 Å². The molecule has 2 amide bonds. The molecule has 0 unspecified atom stereocenters. The van der Waals surface area contributed by atoms with Crippen molar-refractivity contribution in [1.29, 1.82) is 0 Å². The van der Waals surface area contributed by atoms with Crippen LogP contribution in [0.1, 0.15) is 21.5 Å². The number of halogens is 1. The molecule has 1 aliphatic heterocycles. The fourth-order valence-electron chi connectivity index (χ4n) is 2.97.